The second kappa shape index (κ2) is 6.16. The molecule has 22 heavy (non-hydrogen) atoms. The third kappa shape index (κ3) is 2.90. The van der Waals surface area contributed by atoms with Crippen molar-refractivity contribution in [3.05, 3.63) is 69.0 Å². The Kier molecular flexibility index (Phi) is 4.25. The van der Waals surface area contributed by atoms with Gasteiger partial charge < -0.3 is 0 Å². The van der Waals surface area contributed by atoms with Crippen molar-refractivity contribution in [2.45, 2.75) is 0 Å². The molecule has 2 aromatic carbocycles. The Morgan fingerprint density at radius 3 is 2.36 bits per heavy atom. The van der Waals surface area contributed by atoms with Crippen LogP contribution < -0.4 is 4.90 Å². The zero-order valence-corrected chi connectivity index (χ0v) is 13.5. The molecule has 3 rings (SSSR count). The molecule has 0 saturated carbocycles. The summed E-state index contributed by atoms with van der Waals surface area (Å²) >= 11 is 12.7. The van der Waals surface area contributed by atoms with E-state index >= 15 is 0 Å². The number of thioether (sulfide) groups is 1. The monoisotopic (exact) mass is 349 g/mol. The van der Waals surface area contributed by atoms with E-state index in [-0.39, 0.29) is 11.1 Å². The van der Waals surface area contributed by atoms with Crippen molar-refractivity contribution in [3.63, 3.8) is 0 Å². The van der Waals surface area contributed by atoms with Gasteiger partial charge in [0.05, 0.1) is 20.6 Å². The maximum atomic E-state index is 12.5. The van der Waals surface area contributed by atoms with Crippen LogP contribution in [0.25, 0.3) is 6.08 Å². The molecule has 0 aromatic heterocycles. The molecule has 1 fully saturated rings. The van der Waals surface area contributed by atoms with E-state index in [0.29, 0.717) is 20.6 Å². The first kappa shape index (κ1) is 15.2. The van der Waals surface area contributed by atoms with Crippen LogP contribution in [-0.4, -0.2) is 11.1 Å². The number of carbonyl (C=O) groups is 2. The van der Waals surface area contributed by atoms with E-state index in [1.165, 1.54) is 6.07 Å². The fourth-order valence-electron chi connectivity index (χ4n) is 2.02. The Morgan fingerprint density at radius 1 is 0.955 bits per heavy atom. The van der Waals surface area contributed by atoms with Gasteiger partial charge in [0.25, 0.3) is 11.1 Å². The molecule has 6 heteroatoms. The van der Waals surface area contributed by atoms with Crippen LogP contribution in [0, 0.1) is 0 Å². The summed E-state index contributed by atoms with van der Waals surface area (Å²) in [7, 11) is 0. The normalized spacial score (nSPS) is 16.6. The van der Waals surface area contributed by atoms with Crippen LogP contribution in [0.3, 0.4) is 0 Å². The van der Waals surface area contributed by atoms with Gasteiger partial charge in [-0.15, -0.1) is 0 Å². The molecule has 0 bridgehead atoms. The molecular formula is C16H9Cl2NO2S. The Hall–Kier alpha value is -1.75. The van der Waals surface area contributed by atoms with E-state index in [1.54, 1.807) is 18.2 Å². The van der Waals surface area contributed by atoms with Gasteiger partial charge in [0.15, 0.2) is 0 Å². The Balaban J connectivity index is 1.95. The minimum atomic E-state index is -0.364. The number of imide groups is 1. The number of halogens is 2. The number of benzene rings is 2. The molecular weight excluding hydrogens is 341 g/mol. The predicted octanol–water partition coefficient (Wildman–Crippen LogP) is 5.23. The van der Waals surface area contributed by atoms with Crippen LogP contribution >= 0.6 is 35.0 Å². The van der Waals surface area contributed by atoms with Gasteiger partial charge in [-0.05, 0) is 41.6 Å². The van der Waals surface area contributed by atoms with Gasteiger partial charge in [0.1, 0.15) is 0 Å². The first-order chi connectivity index (χ1) is 10.6. The Morgan fingerprint density at radius 2 is 1.68 bits per heavy atom. The lowest BCUT2D eigenvalue weighted by Crippen LogP contribution is -2.27. The second-order valence-corrected chi connectivity index (χ2v) is 6.33. The maximum Gasteiger partial charge on any atom is 0.298 e. The Bertz CT molecular complexity index is 790. The van der Waals surface area contributed by atoms with E-state index in [4.69, 9.17) is 23.2 Å². The molecule has 2 aromatic rings. The lowest BCUT2D eigenvalue weighted by atomic mass is 10.2. The minimum absolute atomic E-state index is 0.297. The van der Waals surface area contributed by atoms with Crippen molar-refractivity contribution >= 4 is 57.9 Å². The summed E-state index contributed by atoms with van der Waals surface area (Å²) in [5.74, 6) is -0.364. The largest absolute Gasteiger partial charge is 0.298 e. The van der Waals surface area contributed by atoms with Crippen LogP contribution in [0.4, 0.5) is 10.5 Å². The SMILES string of the molecule is O=C1S/C(=C\c2ccccc2)C(=O)N1c1ccc(Cl)c(Cl)c1. The van der Waals surface area contributed by atoms with Gasteiger partial charge in [-0.2, -0.15) is 0 Å². The molecule has 1 heterocycles. The topological polar surface area (TPSA) is 37.4 Å². The number of anilines is 1. The molecule has 0 spiro atoms. The van der Waals surface area contributed by atoms with Gasteiger partial charge >= 0.3 is 0 Å². The van der Waals surface area contributed by atoms with Gasteiger partial charge in [-0.3, -0.25) is 9.59 Å². The van der Waals surface area contributed by atoms with Crippen molar-refractivity contribution in [1.82, 2.24) is 0 Å². The van der Waals surface area contributed by atoms with E-state index < -0.39 is 0 Å². The first-order valence-corrected chi connectivity index (χ1v) is 7.91. The average molecular weight is 350 g/mol. The second-order valence-electron chi connectivity index (χ2n) is 4.53. The number of rotatable bonds is 2. The third-order valence-electron chi connectivity index (χ3n) is 3.05. The van der Waals surface area contributed by atoms with E-state index in [2.05, 4.69) is 0 Å². The van der Waals surface area contributed by atoms with Crippen LogP contribution in [0.1, 0.15) is 5.56 Å². The fraction of sp³-hybridized carbons (Fsp3) is 0. The number of hydrogen-bond donors (Lipinski definition) is 0. The van der Waals surface area contributed by atoms with Crippen molar-refractivity contribution in [2.24, 2.45) is 0 Å². The minimum Gasteiger partial charge on any atom is -0.268 e. The van der Waals surface area contributed by atoms with E-state index in [1.807, 2.05) is 30.3 Å². The van der Waals surface area contributed by atoms with Gasteiger partial charge in [0, 0.05) is 0 Å². The van der Waals surface area contributed by atoms with Crippen molar-refractivity contribution in [1.29, 1.82) is 0 Å². The predicted molar refractivity (Wildman–Crippen MR) is 91.4 cm³/mol. The highest BCUT2D eigenvalue weighted by molar-refractivity contribution is 8.19. The van der Waals surface area contributed by atoms with E-state index in [0.717, 1.165) is 22.2 Å². The standard InChI is InChI=1S/C16H9Cl2NO2S/c17-12-7-6-11(9-13(12)18)19-15(20)14(22-16(19)21)8-10-4-2-1-3-5-10/h1-9H/b14-8-. The summed E-state index contributed by atoms with van der Waals surface area (Å²) in [4.78, 5) is 26.1. The number of amides is 2. The zero-order chi connectivity index (χ0) is 15.7. The van der Waals surface area contributed by atoms with Gasteiger partial charge in [-0.25, -0.2) is 4.90 Å². The van der Waals surface area contributed by atoms with Crippen LogP contribution in [-0.2, 0) is 4.79 Å². The first-order valence-electron chi connectivity index (χ1n) is 6.34. The molecule has 110 valence electrons. The fourth-order valence-corrected chi connectivity index (χ4v) is 3.15. The highest BCUT2D eigenvalue weighted by atomic mass is 35.5. The quantitative estimate of drug-likeness (QED) is 0.696. The van der Waals surface area contributed by atoms with Gasteiger partial charge in [0.2, 0.25) is 0 Å². The number of hydrogen-bond acceptors (Lipinski definition) is 3. The average Bonchev–Trinajstić information content (AvgIpc) is 2.78. The molecule has 1 aliphatic heterocycles. The summed E-state index contributed by atoms with van der Waals surface area (Å²) in [6, 6.07) is 14.0. The van der Waals surface area contributed by atoms with Crippen molar-refractivity contribution < 1.29 is 9.59 Å². The summed E-state index contributed by atoms with van der Waals surface area (Å²) in [5.41, 5.74) is 1.27. The highest BCUT2D eigenvalue weighted by Gasteiger charge is 2.36. The van der Waals surface area contributed by atoms with E-state index in [9.17, 15) is 9.59 Å². The molecule has 0 atom stereocenters. The van der Waals surface area contributed by atoms with Gasteiger partial charge in [-0.1, -0.05) is 53.5 Å². The molecule has 1 aliphatic rings. The molecule has 0 unspecified atom stereocenters. The number of carbonyl (C=O) groups excluding carboxylic acids is 2. The van der Waals surface area contributed by atoms with Crippen LogP contribution in [0.15, 0.2) is 53.4 Å². The third-order valence-corrected chi connectivity index (χ3v) is 4.66. The van der Waals surface area contributed by atoms with Crippen molar-refractivity contribution in [3.8, 4) is 0 Å². The molecule has 2 amide bonds. The molecule has 3 nitrogen and oxygen atoms in total. The van der Waals surface area contributed by atoms with Crippen LogP contribution in [0.5, 0.6) is 0 Å². The Labute approximate surface area is 141 Å². The summed E-state index contributed by atoms with van der Waals surface area (Å²) < 4.78 is 0. The molecule has 0 radical (unpaired) electrons. The lowest BCUT2D eigenvalue weighted by molar-refractivity contribution is -0.113. The van der Waals surface area contributed by atoms with Crippen molar-refractivity contribution in [2.75, 3.05) is 4.90 Å². The summed E-state index contributed by atoms with van der Waals surface area (Å²) in [5, 5.41) is 0.313. The molecule has 0 N–H and O–H groups in total. The molecule has 1 saturated heterocycles. The highest BCUT2D eigenvalue weighted by Crippen LogP contribution is 2.37. The zero-order valence-electron chi connectivity index (χ0n) is 11.1. The maximum absolute atomic E-state index is 12.5. The summed E-state index contributed by atoms with van der Waals surface area (Å²) in [6.45, 7) is 0. The lowest BCUT2D eigenvalue weighted by Gasteiger charge is -2.13. The smallest absolute Gasteiger partial charge is 0.268 e. The number of nitrogens with zero attached hydrogens (tertiary/aromatic N) is 1. The summed E-state index contributed by atoms with van der Waals surface area (Å²) in [6.07, 6.45) is 1.70. The van der Waals surface area contributed by atoms with Crippen LogP contribution in [0.2, 0.25) is 10.0 Å². The molecule has 0 aliphatic carbocycles.